The van der Waals surface area contributed by atoms with Crippen LogP contribution in [0.1, 0.15) is 12.7 Å². The van der Waals surface area contributed by atoms with Gasteiger partial charge in [-0.15, -0.1) is 0 Å². The summed E-state index contributed by atoms with van der Waals surface area (Å²) in [7, 11) is 1.87. The second-order valence-electron chi connectivity index (χ2n) is 6.37. The van der Waals surface area contributed by atoms with Crippen molar-refractivity contribution in [2.45, 2.75) is 13.5 Å². The molecule has 1 aromatic carbocycles. The lowest BCUT2D eigenvalue weighted by Gasteiger charge is -2.24. The number of carbonyl (C=O) groups is 1. The Morgan fingerprint density at radius 1 is 1.36 bits per heavy atom. The molecule has 0 spiro atoms. The second kappa shape index (κ2) is 6.08. The van der Waals surface area contributed by atoms with Crippen LogP contribution in [0.25, 0.3) is 11.3 Å². The van der Waals surface area contributed by atoms with E-state index in [1.165, 1.54) is 0 Å². The number of aryl methyl sites for hydroxylation is 1. The van der Waals surface area contributed by atoms with Crippen molar-refractivity contribution in [2.75, 3.05) is 16.8 Å². The lowest BCUT2D eigenvalue weighted by molar-refractivity contribution is -0.119. The molecule has 4 rings (SSSR count). The predicted octanol–water partition coefficient (Wildman–Crippen LogP) is 2.67. The normalized spacial score (nSPS) is 17.1. The van der Waals surface area contributed by atoms with Crippen LogP contribution in [0.2, 0.25) is 0 Å². The van der Waals surface area contributed by atoms with Crippen molar-refractivity contribution < 1.29 is 9.32 Å². The molecule has 3 aromatic rings. The highest BCUT2D eigenvalue weighted by molar-refractivity contribution is 5.97. The van der Waals surface area contributed by atoms with Crippen molar-refractivity contribution >= 4 is 17.3 Å². The lowest BCUT2D eigenvalue weighted by atomic mass is 10.1. The van der Waals surface area contributed by atoms with Crippen LogP contribution in [0, 0.1) is 5.92 Å². The third-order valence-electron chi connectivity index (χ3n) is 4.35. The first-order valence-electron chi connectivity index (χ1n) is 8.19. The maximum absolute atomic E-state index is 12.2. The maximum Gasteiger partial charge on any atom is 0.229 e. The molecule has 1 N–H and O–H groups in total. The van der Waals surface area contributed by atoms with Crippen LogP contribution in [0.3, 0.4) is 0 Å². The molecule has 0 radical (unpaired) electrons. The van der Waals surface area contributed by atoms with Crippen LogP contribution in [0.5, 0.6) is 0 Å². The Hall–Kier alpha value is -3.09. The van der Waals surface area contributed by atoms with E-state index in [1.807, 2.05) is 50.5 Å². The third-order valence-corrected chi connectivity index (χ3v) is 4.35. The lowest BCUT2D eigenvalue weighted by Crippen LogP contribution is -2.30. The highest BCUT2D eigenvalue weighted by Crippen LogP contribution is 2.31. The Morgan fingerprint density at radius 2 is 2.20 bits per heavy atom. The van der Waals surface area contributed by atoms with E-state index >= 15 is 0 Å². The number of hydrogen-bond acceptors (Lipinski definition) is 5. The molecule has 25 heavy (non-hydrogen) atoms. The zero-order chi connectivity index (χ0) is 17.4. The number of carbonyl (C=O) groups excluding carboxylic acids is 1. The van der Waals surface area contributed by atoms with Crippen LogP contribution in [0.4, 0.5) is 11.4 Å². The van der Waals surface area contributed by atoms with Gasteiger partial charge in [-0.05, 0) is 12.1 Å². The SMILES string of the molecule is C[C@@H]1CN(Cc2cc(-c3cnn(C)c3)no2)c2ccccc2NC1=O. The number of nitrogens with one attached hydrogen (secondary N) is 1. The molecule has 7 nitrogen and oxygen atoms in total. The minimum atomic E-state index is -0.117. The molecule has 0 fully saturated rings. The largest absolute Gasteiger partial charge is 0.361 e. The molecule has 0 bridgehead atoms. The fourth-order valence-corrected chi connectivity index (χ4v) is 3.04. The van der Waals surface area contributed by atoms with E-state index in [0.29, 0.717) is 13.1 Å². The Labute approximate surface area is 145 Å². The average Bonchev–Trinajstić information content (AvgIpc) is 3.21. The Morgan fingerprint density at radius 3 is 3.00 bits per heavy atom. The van der Waals surface area contributed by atoms with Crippen LogP contribution in [-0.4, -0.2) is 27.4 Å². The first kappa shape index (κ1) is 15.4. The van der Waals surface area contributed by atoms with Gasteiger partial charge < -0.3 is 14.7 Å². The molecule has 0 aliphatic carbocycles. The van der Waals surface area contributed by atoms with Crippen LogP contribution in [-0.2, 0) is 18.4 Å². The molecule has 1 atom stereocenters. The summed E-state index contributed by atoms with van der Waals surface area (Å²) in [4.78, 5) is 14.3. The molecule has 7 heteroatoms. The van der Waals surface area contributed by atoms with Gasteiger partial charge in [0, 0.05) is 31.4 Å². The van der Waals surface area contributed by atoms with Crippen LogP contribution in [0.15, 0.2) is 47.2 Å². The summed E-state index contributed by atoms with van der Waals surface area (Å²) in [6.45, 7) is 3.09. The number of amides is 1. The Kier molecular flexibility index (Phi) is 3.76. The highest BCUT2D eigenvalue weighted by atomic mass is 16.5. The van der Waals surface area contributed by atoms with Crippen molar-refractivity contribution in [2.24, 2.45) is 13.0 Å². The fraction of sp³-hybridized carbons (Fsp3) is 0.278. The summed E-state index contributed by atoms with van der Waals surface area (Å²) >= 11 is 0. The summed E-state index contributed by atoms with van der Waals surface area (Å²) in [5.41, 5.74) is 3.48. The summed E-state index contributed by atoms with van der Waals surface area (Å²) in [5.74, 6) is 0.659. The van der Waals surface area contributed by atoms with E-state index in [4.69, 9.17) is 4.52 Å². The minimum absolute atomic E-state index is 0.0311. The monoisotopic (exact) mass is 337 g/mol. The van der Waals surface area contributed by atoms with Crippen LogP contribution < -0.4 is 10.2 Å². The standard InChI is InChI=1S/C18H19N5O2/c1-12-9-23(17-6-4-3-5-15(17)20-18(12)24)11-14-7-16(21-25-14)13-8-19-22(2)10-13/h3-8,10,12H,9,11H2,1-2H3,(H,20,24)/t12-/m1/s1. The third kappa shape index (κ3) is 3.00. The first-order valence-corrected chi connectivity index (χ1v) is 8.19. The van der Waals surface area contributed by atoms with Gasteiger partial charge in [0.25, 0.3) is 0 Å². The molecule has 128 valence electrons. The van der Waals surface area contributed by atoms with Gasteiger partial charge in [0.1, 0.15) is 5.69 Å². The quantitative estimate of drug-likeness (QED) is 0.795. The van der Waals surface area contributed by atoms with Crippen molar-refractivity contribution in [3.63, 3.8) is 0 Å². The smallest absolute Gasteiger partial charge is 0.229 e. The second-order valence-corrected chi connectivity index (χ2v) is 6.37. The molecular weight excluding hydrogens is 318 g/mol. The highest BCUT2D eigenvalue weighted by Gasteiger charge is 2.25. The van der Waals surface area contributed by atoms with Crippen molar-refractivity contribution in [3.05, 3.63) is 48.5 Å². The average molecular weight is 337 g/mol. The molecule has 0 saturated heterocycles. The van der Waals surface area contributed by atoms with E-state index in [0.717, 1.165) is 28.4 Å². The van der Waals surface area contributed by atoms with Crippen molar-refractivity contribution in [1.29, 1.82) is 0 Å². The summed E-state index contributed by atoms with van der Waals surface area (Å²) in [6.07, 6.45) is 3.65. The molecule has 1 aliphatic rings. The molecule has 0 unspecified atom stereocenters. The van der Waals surface area contributed by atoms with Gasteiger partial charge in [-0.2, -0.15) is 5.10 Å². The van der Waals surface area contributed by atoms with E-state index < -0.39 is 0 Å². The van der Waals surface area contributed by atoms with Gasteiger partial charge >= 0.3 is 0 Å². The van der Waals surface area contributed by atoms with Crippen LogP contribution >= 0.6 is 0 Å². The molecule has 3 heterocycles. The van der Waals surface area contributed by atoms with E-state index in [9.17, 15) is 4.79 Å². The number of aromatic nitrogens is 3. The van der Waals surface area contributed by atoms with Crippen molar-refractivity contribution in [3.8, 4) is 11.3 Å². The van der Waals surface area contributed by atoms with E-state index in [2.05, 4.69) is 20.5 Å². The Bertz CT molecular complexity index is 914. The van der Waals surface area contributed by atoms with E-state index in [1.54, 1.807) is 10.9 Å². The van der Waals surface area contributed by atoms with Gasteiger partial charge in [0.05, 0.1) is 30.0 Å². The molecule has 1 aliphatic heterocycles. The number of anilines is 2. The number of rotatable bonds is 3. The predicted molar refractivity (Wildman–Crippen MR) is 94.0 cm³/mol. The fourth-order valence-electron chi connectivity index (χ4n) is 3.04. The van der Waals surface area contributed by atoms with Gasteiger partial charge in [-0.3, -0.25) is 9.48 Å². The summed E-state index contributed by atoms with van der Waals surface area (Å²) < 4.78 is 7.24. The Balaban J connectivity index is 1.61. The number of hydrogen-bond donors (Lipinski definition) is 1. The number of fused-ring (bicyclic) bond motifs is 1. The maximum atomic E-state index is 12.2. The molecular formula is C18H19N5O2. The van der Waals surface area contributed by atoms with Gasteiger partial charge in [0.15, 0.2) is 5.76 Å². The van der Waals surface area contributed by atoms with Gasteiger partial charge in [-0.25, -0.2) is 0 Å². The minimum Gasteiger partial charge on any atom is -0.361 e. The molecule has 2 aromatic heterocycles. The summed E-state index contributed by atoms with van der Waals surface area (Å²) in [5, 5.41) is 11.3. The zero-order valence-corrected chi connectivity index (χ0v) is 14.1. The number of benzene rings is 1. The first-order chi connectivity index (χ1) is 12.1. The molecule has 0 saturated carbocycles. The number of nitrogens with zero attached hydrogens (tertiary/aromatic N) is 4. The molecule has 1 amide bonds. The van der Waals surface area contributed by atoms with Crippen molar-refractivity contribution in [1.82, 2.24) is 14.9 Å². The number of para-hydroxylation sites is 2. The van der Waals surface area contributed by atoms with Gasteiger partial charge in [0.2, 0.25) is 5.91 Å². The summed E-state index contributed by atoms with van der Waals surface area (Å²) in [6, 6.07) is 9.73. The topological polar surface area (TPSA) is 76.2 Å². The zero-order valence-electron chi connectivity index (χ0n) is 14.1. The van der Waals surface area contributed by atoms with Gasteiger partial charge in [-0.1, -0.05) is 24.2 Å². The van der Waals surface area contributed by atoms with E-state index in [-0.39, 0.29) is 11.8 Å².